The van der Waals surface area contributed by atoms with Crippen LogP contribution in [-0.4, -0.2) is 28.3 Å². The standard InChI is InChI=1S/C15H22N2O2S/c1-4-19-15(18)11-9-16-14(17-13(11)10(2)3)12-7-5-6-8-20-12/h9-10,12H,4-8H2,1-3H3. The lowest BCUT2D eigenvalue weighted by Gasteiger charge is -2.21. The van der Waals surface area contributed by atoms with Crippen molar-refractivity contribution in [2.75, 3.05) is 12.4 Å². The van der Waals surface area contributed by atoms with Crippen molar-refractivity contribution in [3.8, 4) is 0 Å². The minimum atomic E-state index is -0.320. The molecule has 0 aromatic carbocycles. The molecule has 1 aromatic rings. The molecule has 0 amide bonds. The Bertz CT molecular complexity index is 471. The van der Waals surface area contributed by atoms with Gasteiger partial charge in [-0.05, 0) is 31.4 Å². The molecule has 1 aliphatic rings. The quantitative estimate of drug-likeness (QED) is 0.792. The van der Waals surface area contributed by atoms with Crippen LogP contribution in [0.1, 0.15) is 73.1 Å². The molecule has 0 aliphatic carbocycles. The second-order valence-corrected chi connectivity index (χ2v) is 6.57. The van der Waals surface area contributed by atoms with Gasteiger partial charge in [0.25, 0.3) is 0 Å². The van der Waals surface area contributed by atoms with Gasteiger partial charge in [0.1, 0.15) is 5.82 Å². The molecule has 5 heteroatoms. The lowest BCUT2D eigenvalue weighted by Crippen LogP contribution is -2.15. The lowest BCUT2D eigenvalue weighted by atomic mass is 10.0. The van der Waals surface area contributed by atoms with Crippen LogP contribution in [0.3, 0.4) is 0 Å². The highest BCUT2D eigenvalue weighted by Gasteiger charge is 2.23. The predicted octanol–water partition coefficient (Wildman–Crippen LogP) is 3.73. The molecule has 2 rings (SSSR count). The summed E-state index contributed by atoms with van der Waals surface area (Å²) in [5.41, 5.74) is 1.31. The SMILES string of the molecule is CCOC(=O)c1cnc(C2CCCCS2)nc1C(C)C. The van der Waals surface area contributed by atoms with E-state index in [9.17, 15) is 4.79 Å². The highest BCUT2D eigenvalue weighted by atomic mass is 32.2. The van der Waals surface area contributed by atoms with Gasteiger partial charge in [-0.2, -0.15) is 11.8 Å². The first-order valence-electron chi connectivity index (χ1n) is 7.29. The van der Waals surface area contributed by atoms with E-state index in [4.69, 9.17) is 4.74 Å². The summed E-state index contributed by atoms with van der Waals surface area (Å²) in [6.07, 6.45) is 5.28. The van der Waals surface area contributed by atoms with Crippen LogP contribution in [0.5, 0.6) is 0 Å². The Balaban J connectivity index is 2.29. The average molecular weight is 294 g/mol. The lowest BCUT2D eigenvalue weighted by molar-refractivity contribution is 0.0523. The number of aromatic nitrogens is 2. The van der Waals surface area contributed by atoms with Crippen LogP contribution in [0.25, 0.3) is 0 Å². The van der Waals surface area contributed by atoms with Crippen molar-refractivity contribution in [2.24, 2.45) is 0 Å². The highest BCUT2D eigenvalue weighted by Crippen LogP contribution is 2.37. The maximum Gasteiger partial charge on any atom is 0.341 e. The van der Waals surface area contributed by atoms with E-state index in [0.717, 1.165) is 17.9 Å². The molecule has 1 aliphatic heterocycles. The van der Waals surface area contributed by atoms with E-state index in [1.54, 1.807) is 13.1 Å². The third-order valence-electron chi connectivity index (χ3n) is 3.35. The van der Waals surface area contributed by atoms with E-state index < -0.39 is 0 Å². The number of carbonyl (C=O) groups excluding carboxylic acids is 1. The van der Waals surface area contributed by atoms with Crippen LogP contribution < -0.4 is 0 Å². The first-order chi connectivity index (χ1) is 9.63. The van der Waals surface area contributed by atoms with Gasteiger partial charge in [-0.3, -0.25) is 0 Å². The summed E-state index contributed by atoms with van der Waals surface area (Å²) in [5.74, 6) is 1.90. The van der Waals surface area contributed by atoms with Crippen LogP contribution in [0, 0.1) is 0 Å². The largest absolute Gasteiger partial charge is 0.462 e. The average Bonchev–Trinajstić information content (AvgIpc) is 2.47. The second-order valence-electron chi connectivity index (χ2n) is 5.26. The van der Waals surface area contributed by atoms with Crippen LogP contribution >= 0.6 is 11.8 Å². The zero-order chi connectivity index (χ0) is 14.5. The Hall–Kier alpha value is -1.10. The Morgan fingerprint density at radius 1 is 1.50 bits per heavy atom. The molecule has 1 fully saturated rings. The van der Waals surface area contributed by atoms with Crippen LogP contribution in [0.4, 0.5) is 0 Å². The first-order valence-corrected chi connectivity index (χ1v) is 8.34. The molecular formula is C15H22N2O2S. The fraction of sp³-hybridized carbons (Fsp3) is 0.667. The summed E-state index contributed by atoms with van der Waals surface area (Å²) >= 11 is 1.92. The van der Waals surface area contributed by atoms with Gasteiger partial charge in [0.05, 0.1) is 23.1 Å². The van der Waals surface area contributed by atoms with Gasteiger partial charge < -0.3 is 4.74 Å². The maximum absolute atomic E-state index is 12.0. The molecule has 110 valence electrons. The van der Waals surface area contributed by atoms with E-state index in [-0.39, 0.29) is 11.9 Å². The second kappa shape index (κ2) is 7.07. The summed E-state index contributed by atoms with van der Waals surface area (Å²) in [7, 11) is 0. The van der Waals surface area contributed by atoms with Crippen molar-refractivity contribution in [3.05, 3.63) is 23.3 Å². The van der Waals surface area contributed by atoms with E-state index in [0.29, 0.717) is 17.4 Å². The summed E-state index contributed by atoms with van der Waals surface area (Å²) in [6, 6.07) is 0. The van der Waals surface area contributed by atoms with Gasteiger partial charge in [-0.25, -0.2) is 14.8 Å². The fourth-order valence-corrected chi connectivity index (χ4v) is 3.57. The van der Waals surface area contributed by atoms with Crippen molar-refractivity contribution >= 4 is 17.7 Å². The normalized spacial score (nSPS) is 19.1. The summed E-state index contributed by atoms with van der Waals surface area (Å²) < 4.78 is 5.08. The number of nitrogens with zero attached hydrogens (tertiary/aromatic N) is 2. The van der Waals surface area contributed by atoms with Gasteiger partial charge in [-0.1, -0.05) is 20.3 Å². The van der Waals surface area contributed by atoms with Crippen molar-refractivity contribution in [2.45, 2.75) is 51.2 Å². The summed E-state index contributed by atoms with van der Waals surface area (Å²) in [4.78, 5) is 21.0. The fourth-order valence-electron chi connectivity index (χ4n) is 2.32. The van der Waals surface area contributed by atoms with Crippen molar-refractivity contribution in [1.29, 1.82) is 0 Å². The number of rotatable bonds is 4. The van der Waals surface area contributed by atoms with Gasteiger partial charge in [-0.15, -0.1) is 0 Å². The first kappa shape index (κ1) is 15.3. The summed E-state index contributed by atoms with van der Waals surface area (Å²) in [5, 5.41) is 0.373. The van der Waals surface area contributed by atoms with Crippen molar-refractivity contribution in [1.82, 2.24) is 9.97 Å². The molecule has 1 unspecified atom stereocenters. The smallest absolute Gasteiger partial charge is 0.341 e. The molecule has 1 atom stereocenters. The van der Waals surface area contributed by atoms with Crippen LogP contribution in [0.2, 0.25) is 0 Å². The number of carbonyl (C=O) groups is 1. The van der Waals surface area contributed by atoms with Gasteiger partial charge in [0.2, 0.25) is 0 Å². The molecule has 0 saturated carbocycles. The molecule has 0 spiro atoms. The number of hydrogen-bond donors (Lipinski definition) is 0. The van der Waals surface area contributed by atoms with Crippen LogP contribution in [-0.2, 0) is 4.74 Å². The number of ether oxygens (including phenoxy) is 1. The zero-order valence-electron chi connectivity index (χ0n) is 12.4. The Morgan fingerprint density at radius 2 is 2.30 bits per heavy atom. The van der Waals surface area contributed by atoms with Crippen molar-refractivity contribution in [3.63, 3.8) is 0 Å². The maximum atomic E-state index is 12.0. The minimum Gasteiger partial charge on any atom is -0.462 e. The van der Waals surface area contributed by atoms with E-state index in [2.05, 4.69) is 9.97 Å². The number of hydrogen-bond acceptors (Lipinski definition) is 5. The monoisotopic (exact) mass is 294 g/mol. The molecule has 4 nitrogen and oxygen atoms in total. The van der Waals surface area contributed by atoms with E-state index in [1.807, 2.05) is 25.6 Å². The molecular weight excluding hydrogens is 272 g/mol. The molecule has 2 heterocycles. The summed E-state index contributed by atoms with van der Waals surface area (Å²) in [6.45, 7) is 6.27. The topological polar surface area (TPSA) is 52.1 Å². The van der Waals surface area contributed by atoms with Gasteiger partial charge >= 0.3 is 5.97 Å². The molecule has 1 aromatic heterocycles. The van der Waals surface area contributed by atoms with Gasteiger partial charge in [0.15, 0.2) is 0 Å². The van der Waals surface area contributed by atoms with E-state index in [1.165, 1.54) is 18.6 Å². The number of thioether (sulfide) groups is 1. The van der Waals surface area contributed by atoms with Crippen LogP contribution in [0.15, 0.2) is 6.20 Å². The minimum absolute atomic E-state index is 0.185. The Morgan fingerprint density at radius 3 is 2.90 bits per heavy atom. The van der Waals surface area contributed by atoms with Crippen molar-refractivity contribution < 1.29 is 9.53 Å². The molecule has 20 heavy (non-hydrogen) atoms. The molecule has 0 N–H and O–H groups in total. The predicted molar refractivity (Wildman–Crippen MR) is 81.1 cm³/mol. The molecule has 1 saturated heterocycles. The highest BCUT2D eigenvalue weighted by molar-refractivity contribution is 7.99. The van der Waals surface area contributed by atoms with Gasteiger partial charge in [0, 0.05) is 6.20 Å². The zero-order valence-corrected chi connectivity index (χ0v) is 13.2. The Kier molecular flexibility index (Phi) is 5.40. The third kappa shape index (κ3) is 3.51. The molecule has 0 bridgehead atoms. The van der Waals surface area contributed by atoms with E-state index >= 15 is 0 Å². The Labute approximate surface area is 124 Å². The third-order valence-corrected chi connectivity index (χ3v) is 4.72. The molecule has 0 radical (unpaired) electrons. The number of esters is 1.